The van der Waals surface area contributed by atoms with Crippen molar-refractivity contribution in [3.63, 3.8) is 0 Å². The number of hydrogen-bond acceptors (Lipinski definition) is 5. The molecule has 1 aliphatic rings. The molecule has 1 saturated carbocycles. The molecule has 1 fully saturated rings. The van der Waals surface area contributed by atoms with E-state index in [0.29, 0.717) is 27.9 Å². The molecule has 3 aromatic rings. The summed E-state index contributed by atoms with van der Waals surface area (Å²) in [5.41, 5.74) is 0.696. The van der Waals surface area contributed by atoms with E-state index in [4.69, 9.17) is 4.98 Å². The maximum atomic E-state index is 13.5. The van der Waals surface area contributed by atoms with Crippen molar-refractivity contribution in [1.29, 1.82) is 0 Å². The van der Waals surface area contributed by atoms with Crippen LogP contribution in [0.2, 0.25) is 0 Å². The van der Waals surface area contributed by atoms with E-state index in [1.165, 1.54) is 18.2 Å². The monoisotopic (exact) mass is 455 g/mol. The highest BCUT2D eigenvalue weighted by molar-refractivity contribution is 7.99. The van der Waals surface area contributed by atoms with Crippen molar-refractivity contribution in [2.45, 2.75) is 57.3 Å². The summed E-state index contributed by atoms with van der Waals surface area (Å²) < 4.78 is 1.88. The third kappa shape index (κ3) is 4.72. The maximum Gasteiger partial charge on any atom is 0.262 e. The largest absolute Gasteiger partial charge is 0.348 e. The molecular formula is C24H29N3O2S2. The first kappa shape index (κ1) is 22.1. The van der Waals surface area contributed by atoms with E-state index >= 15 is 0 Å². The molecule has 2 aromatic heterocycles. The fraction of sp³-hybridized carbons (Fsp3) is 0.458. The van der Waals surface area contributed by atoms with Crippen molar-refractivity contribution in [3.05, 3.63) is 57.0 Å². The van der Waals surface area contributed by atoms with Gasteiger partial charge in [-0.25, -0.2) is 4.98 Å². The zero-order chi connectivity index (χ0) is 22.0. The van der Waals surface area contributed by atoms with Crippen LogP contribution in [0.1, 0.15) is 57.0 Å². The second-order valence-electron chi connectivity index (χ2n) is 8.51. The van der Waals surface area contributed by atoms with Gasteiger partial charge in [0.15, 0.2) is 5.16 Å². The highest BCUT2D eigenvalue weighted by Gasteiger charge is 2.31. The minimum Gasteiger partial charge on any atom is -0.348 e. The number of thiophene rings is 1. The zero-order valence-corrected chi connectivity index (χ0v) is 19.8. The summed E-state index contributed by atoms with van der Waals surface area (Å²) in [5, 5.41) is 6.36. The number of rotatable bonds is 6. The lowest BCUT2D eigenvalue weighted by Crippen LogP contribution is -2.35. The van der Waals surface area contributed by atoms with Gasteiger partial charge < -0.3 is 5.32 Å². The van der Waals surface area contributed by atoms with Crippen LogP contribution in [0.4, 0.5) is 0 Å². The molecule has 4 atom stereocenters. The number of hydrogen-bond donors (Lipinski definition) is 1. The summed E-state index contributed by atoms with van der Waals surface area (Å²) in [5.74, 6) is 1.13. The van der Waals surface area contributed by atoms with Crippen molar-refractivity contribution in [2.24, 2.45) is 11.8 Å². The molecule has 1 aliphatic carbocycles. The summed E-state index contributed by atoms with van der Waals surface area (Å²) in [6.45, 7) is 6.49. The average Bonchev–Trinajstić information content (AvgIpc) is 3.30. The summed E-state index contributed by atoms with van der Waals surface area (Å²) in [7, 11) is 0. The second-order valence-corrected chi connectivity index (χ2v) is 10.4. The number of thioether (sulfide) groups is 1. The van der Waals surface area contributed by atoms with Crippen molar-refractivity contribution < 1.29 is 4.79 Å². The number of para-hydroxylation sites is 1. The van der Waals surface area contributed by atoms with Gasteiger partial charge in [-0.3, -0.25) is 14.2 Å². The van der Waals surface area contributed by atoms with Crippen LogP contribution in [0.15, 0.2) is 51.7 Å². The fourth-order valence-corrected chi connectivity index (χ4v) is 6.06. The minimum atomic E-state index is -0.0510. The first-order chi connectivity index (χ1) is 15.0. The Hall–Kier alpha value is -2.12. The molecule has 0 saturated heterocycles. The van der Waals surface area contributed by atoms with Crippen molar-refractivity contribution >= 4 is 39.9 Å². The van der Waals surface area contributed by atoms with E-state index in [2.05, 4.69) is 19.2 Å². The number of fused-ring (bicyclic) bond motifs is 1. The van der Waals surface area contributed by atoms with Gasteiger partial charge in [-0.15, -0.1) is 11.3 Å². The predicted molar refractivity (Wildman–Crippen MR) is 129 cm³/mol. The molecule has 164 valence electrons. The standard InChI is InChI=1S/C24H29N3O2S2/c1-15-8-6-11-20(16(15)2)27-23(29)18-9-4-5-10-19(18)26-24(27)31-14-22(28)25-17(3)21-12-7-13-30-21/h4-5,7,9-10,12-13,15-17,20H,6,8,11,14H2,1-3H3,(H,25,28). The summed E-state index contributed by atoms with van der Waals surface area (Å²) >= 11 is 3.00. The topological polar surface area (TPSA) is 64.0 Å². The minimum absolute atomic E-state index is 0.00594. The predicted octanol–water partition coefficient (Wildman–Crippen LogP) is 5.42. The molecule has 31 heavy (non-hydrogen) atoms. The average molecular weight is 456 g/mol. The molecule has 1 amide bonds. The highest BCUT2D eigenvalue weighted by Crippen LogP contribution is 2.38. The van der Waals surface area contributed by atoms with Crippen LogP contribution in [-0.2, 0) is 4.79 Å². The third-order valence-corrected chi connectivity index (χ3v) is 8.46. The molecule has 0 radical (unpaired) electrons. The normalized spacial score (nSPS) is 22.4. The first-order valence-corrected chi connectivity index (χ1v) is 12.8. The van der Waals surface area contributed by atoms with Crippen LogP contribution in [0, 0.1) is 11.8 Å². The molecule has 4 rings (SSSR count). The van der Waals surface area contributed by atoms with E-state index < -0.39 is 0 Å². The second kappa shape index (κ2) is 9.57. The van der Waals surface area contributed by atoms with Crippen LogP contribution < -0.4 is 10.9 Å². The Balaban J connectivity index is 1.61. The molecule has 0 bridgehead atoms. The molecular weight excluding hydrogens is 426 g/mol. The molecule has 7 heteroatoms. The van der Waals surface area contributed by atoms with Crippen LogP contribution in [0.3, 0.4) is 0 Å². The van der Waals surface area contributed by atoms with Gasteiger partial charge in [-0.2, -0.15) is 0 Å². The molecule has 0 aliphatic heterocycles. The Morgan fingerprint density at radius 1 is 1.26 bits per heavy atom. The maximum absolute atomic E-state index is 13.5. The first-order valence-electron chi connectivity index (χ1n) is 10.9. The van der Waals surface area contributed by atoms with Crippen LogP contribution >= 0.6 is 23.1 Å². The van der Waals surface area contributed by atoms with E-state index in [1.807, 2.05) is 53.3 Å². The van der Waals surface area contributed by atoms with Crippen LogP contribution in [0.25, 0.3) is 10.9 Å². The Morgan fingerprint density at radius 2 is 2.06 bits per heavy atom. The van der Waals surface area contributed by atoms with Crippen molar-refractivity contribution in [3.8, 4) is 0 Å². The highest BCUT2D eigenvalue weighted by atomic mass is 32.2. The molecule has 2 heterocycles. The fourth-order valence-electron chi connectivity index (χ4n) is 4.46. The van der Waals surface area contributed by atoms with Gasteiger partial charge >= 0.3 is 0 Å². The number of carbonyl (C=O) groups is 1. The molecule has 4 unspecified atom stereocenters. The van der Waals surface area contributed by atoms with Crippen molar-refractivity contribution in [2.75, 3.05) is 5.75 Å². The van der Waals surface area contributed by atoms with Gasteiger partial charge in [0.05, 0.1) is 22.7 Å². The number of nitrogens with zero attached hydrogens (tertiary/aromatic N) is 2. The van der Waals surface area contributed by atoms with Crippen LogP contribution in [0.5, 0.6) is 0 Å². The molecule has 5 nitrogen and oxygen atoms in total. The summed E-state index contributed by atoms with van der Waals surface area (Å²) in [4.78, 5) is 32.1. The molecule has 1 aromatic carbocycles. The number of aromatic nitrogens is 2. The van der Waals surface area contributed by atoms with Crippen LogP contribution in [-0.4, -0.2) is 21.2 Å². The Bertz CT molecular complexity index is 1110. The van der Waals surface area contributed by atoms with E-state index in [-0.39, 0.29) is 29.3 Å². The van der Waals surface area contributed by atoms with Gasteiger partial charge in [0.25, 0.3) is 5.56 Å². The zero-order valence-electron chi connectivity index (χ0n) is 18.2. The molecule has 1 N–H and O–H groups in total. The van der Waals surface area contributed by atoms with Gasteiger partial charge in [0.1, 0.15) is 0 Å². The van der Waals surface area contributed by atoms with E-state index in [0.717, 1.165) is 17.7 Å². The quantitative estimate of drug-likeness (QED) is 0.398. The third-order valence-electron chi connectivity index (χ3n) is 6.45. The van der Waals surface area contributed by atoms with E-state index in [9.17, 15) is 9.59 Å². The summed E-state index contributed by atoms with van der Waals surface area (Å²) in [6.07, 6.45) is 3.28. The Morgan fingerprint density at radius 3 is 2.84 bits per heavy atom. The SMILES string of the molecule is CC(NC(=O)CSc1nc2ccccc2c(=O)n1C1CCCC(C)C1C)c1cccs1. The van der Waals surface area contributed by atoms with E-state index in [1.54, 1.807) is 11.3 Å². The van der Waals surface area contributed by atoms with Crippen molar-refractivity contribution in [1.82, 2.24) is 14.9 Å². The Labute approximate surface area is 191 Å². The lowest BCUT2D eigenvalue weighted by atomic mass is 9.78. The van der Waals surface area contributed by atoms with Gasteiger partial charge in [-0.1, -0.05) is 56.7 Å². The van der Waals surface area contributed by atoms with Gasteiger partial charge in [0.2, 0.25) is 5.91 Å². The van der Waals surface area contributed by atoms with Gasteiger partial charge in [-0.05, 0) is 48.8 Å². The number of carbonyl (C=O) groups excluding carboxylic acids is 1. The lowest BCUT2D eigenvalue weighted by Gasteiger charge is -2.36. The summed E-state index contributed by atoms with van der Waals surface area (Å²) in [6, 6.07) is 11.6. The number of nitrogens with one attached hydrogen (secondary N) is 1. The number of amides is 1. The number of benzene rings is 1. The Kier molecular flexibility index (Phi) is 6.82. The molecule has 0 spiro atoms. The van der Waals surface area contributed by atoms with Gasteiger partial charge in [0, 0.05) is 10.9 Å². The smallest absolute Gasteiger partial charge is 0.262 e. The lowest BCUT2D eigenvalue weighted by molar-refractivity contribution is -0.119.